The number of ether oxygens (including phenoxy) is 1. The fraction of sp³-hybridized carbons (Fsp3) is 0.462. The van der Waals surface area contributed by atoms with Crippen LogP contribution >= 0.6 is 15.9 Å². The van der Waals surface area contributed by atoms with Crippen LogP contribution in [0.5, 0.6) is 0 Å². The van der Waals surface area contributed by atoms with Gasteiger partial charge in [-0.2, -0.15) is 0 Å². The molecule has 6 heteroatoms. The summed E-state index contributed by atoms with van der Waals surface area (Å²) in [6.07, 6.45) is 3.83. The lowest BCUT2D eigenvalue weighted by Gasteiger charge is -2.28. The molecule has 1 aromatic rings. The monoisotopic (exact) mass is 328 g/mol. The molecule has 0 aliphatic heterocycles. The molecular weight excluding hydrogens is 312 g/mol. The molecule has 5 nitrogen and oxygen atoms in total. The third kappa shape index (κ3) is 4.63. The molecule has 1 rings (SSSR count). The van der Waals surface area contributed by atoms with Gasteiger partial charge in [0.05, 0.1) is 19.1 Å². The summed E-state index contributed by atoms with van der Waals surface area (Å²) in [7, 11) is 1.33. The third-order valence-corrected chi connectivity index (χ3v) is 3.36. The Morgan fingerprint density at radius 2 is 2.16 bits per heavy atom. The highest BCUT2D eigenvalue weighted by molar-refractivity contribution is 9.10. The number of rotatable bonds is 5. The highest BCUT2D eigenvalue weighted by Crippen LogP contribution is 2.17. The van der Waals surface area contributed by atoms with Gasteiger partial charge in [-0.05, 0) is 35.3 Å². The molecule has 1 aromatic heterocycles. The zero-order chi connectivity index (χ0) is 14.5. The molecule has 0 saturated carbocycles. The molecule has 1 heterocycles. The molecule has 0 unspecified atom stereocenters. The summed E-state index contributed by atoms with van der Waals surface area (Å²) in [5.74, 6) is -0.612. The van der Waals surface area contributed by atoms with Gasteiger partial charge in [-0.3, -0.25) is 14.6 Å². The van der Waals surface area contributed by atoms with Gasteiger partial charge in [-0.25, -0.2) is 0 Å². The summed E-state index contributed by atoms with van der Waals surface area (Å²) >= 11 is 3.26. The quantitative estimate of drug-likeness (QED) is 0.842. The number of aromatic nitrogens is 1. The number of methoxy groups -OCH3 is 1. The van der Waals surface area contributed by atoms with Gasteiger partial charge in [-0.1, -0.05) is 6.92 Å². The Hall–Kier alpha value is -1.43. The number of halogens is 1. The molecule has 1 atom stereocenters. The van der Waals surface area contributed by atoms with Crippen LogP contribution in [-0.4, -0.2) is 29.5 Å². The number of carbonyl (C=O) groups excluding carboxylic acids is 2. The fourth-order valence-corrected chi connectivity index (χ4v) is 1.90. The van der Waals surface area contributed by atoms with Gasteiger partial charge in [0.1, 0.15) is 0 Å². The minimum absolute atomic E-state index is 0.132. The Bertz CT molecular complexity index is 479. The van der Waals surface area contributed by atoms with Gasteiger partial charge < -0.3 is 10.1 Å². The van der Waals surface area contributed by atoms with E-state index in [0.29, 0.717) is 12.0 Å². The van der Waals surface area contributed by atoms with Gasteiger partial charge in [0.2, 0.25) is 0 Å². The first-order chi connectivity index (χ1) is 8.90. The Morgan fingerprint density at radius 3 is 2.68 bits per heavy atom. The fourth-order valence-electron chi connectivity index (χ4n) is 1.53. The van der Waals surface area contributed by atoms with E-state index in [2.05, 4.69) is 31.0 Å². The van der Waals surface area contributed by atoms with Crippen LogP contribution in [0, 0.1) is 0 Å². The molecule has 0 bridgehead atoms. The average molecular weight is 329 g/mol. The van der Waals surface area contributed by atoms with E-state index in [0.717, 1.165) is 4.47 Å². The predicted octanol–water partition coefficient (Wildman–Crippen LogP) is 2.31. The lowest BCUT2D eigenvalue weighted by atomic mass is 9.94. The van der Waals surface area contributed by atoms with Crippen molar-refractivity contribution in [2.24, 2.45) is 0 Å². The van der Waals surface area contributed by atoms with E-state index >= 15 is 0 Å². The molecule has 0 radical (unpaired) electrons. The first-order valence-electron chi connectivity index (χ1n) is 5.90. The molecule has 0 spiro atoms. The topological polar surface area (TPSA) is 68.3 Å². The summed E-state index contributed by atoms with van der Waals surface area (Å²) in [6, 6.07) is 1.68. The van der Waals surface area contributed by atoms with Crippen molar-refractivity contribution in [3.8, 4) is 0 Å². The molecule has 0 aromatic carbocycles. The van der Waals surface area contributed by atoms with Crippen LogP contribution in [-0.2, 0) is 9.53 Å². The van der Waals surface area contributed by atoms with E-state index in [4.69, 9.17) is 0 Å². The highest BCUT2D eigenvalue weighted by atomic mass is 79.9. The first-order valence-corrected chi connectivity index (χ1v) is 6.69. The van der Waals surface area contributed by atoms with Gasteiger partial charge in [0.25, 0.3) is 5.91 Å². The average Bonchev–Trinajstić information content (AvgIpc) is 2.38. The summed E-state index contributed by atoms with van der Waals surface area (Å²) in [5, 5.41) is 2.85. The second kappa shape index (κ2) is 6.65. The zero-order valence-electron chi connectivity index (χ0n) is 11.2. The molecule has 104 valence electrons. The smallest absolute Gasteiger partial charge is 0.307 e. The van der Waals surface area contributed by atoms with Crippen molar-refractivity contribution in [1.29, 1.82) is 0 Å². The summed E-state index contributed by atoms with van der Waals surface area (Å²) < 4.78 is 5.37. The number of pyridine rings is 1. The van der Waals surface area contributed by atoms with Crippen molar-refractivity contribution in [3.63, 3.8) is 0 Å². The van der Waals surface area contributed by atoms with E-state index in [-0.39, 0.29) is 18.3 Å². The molecule has 1 amide bonds. The van der Waals surface area contributed by atoms with Crippen LogP contribution in [0.25, 0.3) is 0 Å². The summed E-state index contributed by atoms with van der Waals surface area (Å²) in [5.41, 5.74) is -0.189. The molecule has 19 heavy (non-hydrogen) atoms. The number of hydrogen-bond donors (Lipinski definition) is 1. The molecular formula is C13H17BrN2O3. The van der Waals surface area contributed by atoms with E-state index < -0.39 is 5.54 Å². The SMILES string of the molecule is CC[C@@](C)(CC(=O)OC)NC(=O)c1cncc(Br)c1. The summed E-state index contributed by atoms with van der Waals surface area (Å²) in [6.45, 7) is 3.72. The lowest BCUT2D eigenvalue weighted by Crippen LogP contribution is -2.47. The number of nitrogens with one attached hydrogen (secondary N) is 1. The number of hydrogen-bond acceptors (Lipinski definition) is 4. The van der Waals surface area contributed by atoms with Crippen molar-refractivity contribution in [3.05, 3.63) is 28.5 Å². The Morgan fingerprint density at radius 1 is 1.47 bits per heavy atom. The minimum atomic E-state index is -0.632. The van der Waals surface area contributed by atoms with Crippen molar-refractivity contribution < 1.29 is 14.3 Å². The van der Waals surface area contributed by atoms with E-state index in [1.54, 1.807) is 12.3 Å². The normalized spacial score (nSPS) is 13.5. The molecule has 0 saturated heterocycles. The van der Waals surface area contributed by atoms with Crippen molar-refractivity contribution in [1.82, 2.24) is 10.3 Å². The largest absolute Gasteiger partial charge is 0.469 e. The molecule has 0 aliphatic carbocycles. The Kier molecular flexibility index (Phi) is 5.47. The lowest BCUT2D eigenvalue weighted by molar-refractivity contribution is -0.142. The van der Waals surface area contributed by atoms with E-state index in [1.165, 1.54) is 13.3 Å². The van der Waals surface area contributed by atoms with Gasteiger partial charge >= 0.3 is 5.97 Å². The molecule has 1 N–H and O–H groups in total. The van der Waals surface area contributed by atoms with E-state index in [9.17, 15) is 9.59 Å². The number of esters is 1. The van der Waals surface area contributed by atoms with Gasteiger partial charge in [-0.15, -0.1) is 0 Å². The van der Waals surface area contributed by atoms with Crippen LogP contribution in [0.1, 0.15) is 37.0 Å². The van der Waals surface area contributed by atoms with Gasteiger partial charge in [0.15, 0.2) is 0 Å². The Balaban J connectivity index is 2.80. The zero-order valence-corrected chi connectivity index (χ0v) is 12.8. The van der Waals surface area contributed by atoms with Gasteiger partial charge in [0, 0.05) is 22.4 Å². The molecule has 0 fully saturated rings. The third-order valence-electron chi connectivity index (χ3n) is 2.92. The van der Waals surface area contributed by atoms with Crippen LogP contribution in [0.4, 0.5) is 0 Å². The maximum absolute atomic E-state index is 12.1. The predicted molar refractivity (Wildman–Crippen MR) is 74.7 cm³/mol. The minimum Gasteiger partial charge on any atom is -0.469 e. The standard InChI is InChI=1S/C13H17BrN2O3/c1-4-13(2,6-11(17)19-3)16-12(18)9-5-10(14)8-15-7-9/h5,7-8H,4,6H2,1-3H3,(H,16,18)/t13-/m0/s1. The van der Waals surface area contributed by atoms with Crippen LogP contribution in [0.2, 0.25) is 0 Å². The second-order valence-corrected chi connectivity index (χ2v) is 5.43. The first kappa shape index (κ1) is 15.6. The van der Waals surface area contributed by atoms with E-state index in [1.807, 2.05) is 13.8 Å². The maximum atomic E-state index is 12.1. The Labute approximate surface area is 120 Å². The molecule has 0 aliphatic rings. The summed E-state index contributed by atoms with van der Waals surface area (Å²) in [4.78, 5) is 27.4. The van der Waals surface area contributed by atoms with Crippen LogP contribution in [0.15, 0.2) is 22.9 Å². The van der Waals surface area contributed by atoms with Crippen molar-refractivity contribution in [2.45, 2.75) is 32.2 Å². The number of amides is 1. The number of carbonyl (C=O) groups is 2. The second-order valence-electron chi connectivity index (χ2n) is 4.51. The van der Waals surface area contributed by atoms with Crippen molar-refractivity contribution in [2.75, 3.05) is 7.11 Å². The van der Waals surface area contributed by atoms with Crippen molar-refractivity contribution >= 4 is 27.8 Å². The number of nitrogens with zero attached hydrogens (tertiary/aromatic N) is 1. The van der Waals surface area contributed by atoms with Crippen LogP contribution < -0.4 is 5.32 Å². The van der Waals surface area contributed by atoms with Crippen LogP contribution in [0.3, 0.4) is 0 Å². The maximum Gasteiger partial charge on any atom is 0.307 e. The highest BCUT2D eigenvalue weighted by Gasteiger charge is 2.28.